The van der Waals surface area contributed by atoms with Gasteiger partial charge in [0.1, 0.15) is 21.3 Å². The first kappa shape index (κ1) is 41.9. The number of primary sulfonamides is 2. The maximum atomic E-state index is 12.3. The van der Waals surface area contributed by atoms with E-state index >= 15 is 0 Å². The predicted octanol–water partition coefficient (Wildman–Crippen LogP) is 5.93. The molecule has 0 aromatic heterocycles. The van der Waals surface area contributed by atoms with Gasteiger partial charge in [-0.05, 0) is 78.4 Å². The number of hydrogen-bond acceptors (Lipinski definition) is 9. The zero-order chi connectivity index (χ0) is 39.6. The zero-order valence-electron chi connectivity index (χ0n) is 29.7. The Morgan fingerprint density at radius 3 is 1.45 bits per heavy atom. The van der Waals surface area contributed by atoms with E-state index in [1.165, 1.54) is 37.1 Å². The van der Waals surface area contributed by atoms with Crippen LogP contribution in [-0.2, 0) is 47.2 Å². The first-order chi connectivity index (χ1) is 26.2. The third-order valence-electron chi connectivity index (χ3n) is 8.82. The standard InChI is InChI=1S/C20H23ClN2O4S.C18H19ClN2O5S/c21-17-8-4-3-7-15(17)11-20(24)23-16-9-10-18(19(12-16)28(22,25)26)27-13-14-5-1-2-6-14;19-15-4-2-1-3-13(15)7-18(22)21-14-5-6-16(17(8-14)27(20,23)24)26-11-12-9-25-10-12/h3-4,7-10,12,14H,1-2,5-6,11,13H2,(H,23,24)(H2,22,25,26);1-6,8,12H,7,9-11H2,(H,21,22)(H2,20,23,24). The highest BCUT2D eigenvalue weighted by atomic mass is 35.5. The molecule has 1 saturated carbocycles. The fraction of sp³-hybridized carbons (Fsp3) is 0.316. The number of nitrogens with two attached hydrogens (primary N) is 2. The van der Waals surface area contributed by atoms with Crippen LogP contribution in [0.2, 0.25) is 10.0 Å². The molecule has 0 bridgehead atoms. The number of sulfonamides is 2. The normalized spacial score (nSPS) is 14.6. The molecule has 2 aliphatic rings. The van der Waals surface area contributed by atoms with E-state index in [1.807, 2.05) is 0 Å². The second kappa shape index (κ2) is 19.1. The Hall–Kier alpha value is -4.22. The Morgan fingerprint density at radius 1 is 0.655 bits per heavy atom. The van der Waals surface area contributed by atoms with Gasteiger partial charge in [0.05, 0.1) is 39.3 Å². The Kier molecular flexibility index (Phi) is 14.6. The molecule has 1 aliphatic heterocycles. The van der Waals surface area contributed by atoms with Gasteiger partial charge < -0.3 is 24.8 Å². The molecule has 294 valence electrons. The fourth-order valence-electron chi connectivity index (χ4n) is 5.87. The number of nitrogens with one attached hydrogen (secondary N) is 2. The van der Waals surface area contributed by atoms with Gasteiger partial charge in [-0.2, -0.15) is 0 Å². The monoisotopic (exact) mass is 832 g/mol. The molecule has 4 aromatic rings. The van der Waals surface area contributed by atoms with Crippen LogP contribution in [-0.4, -0.2) is 55.1 Å². The van der Waals surface area contributed by atoms with E-state index in [1.54, 1.807) is 60.7 Å². The van der Waals surface area contributed by atoms with Gasteiger partial charge in [0.15, 0.2) is 0 Å². The number of carbonyl (C=O) groups excluding carboxylic acids is 2. The summed E-state index contributed by atoms with van der Waals surface area (Å²) in [5, 5.41) is 17.0. The van der Waals surface area contributed by atoms with E-state index in [0.717, 1.165) is 12.8 Å². The van der Waals surface area contributed by atoms with Crippen molar-refractivity contribution in [1.82, 2.24) is 0 Å². The second-order valence-corrected chi connectivity index (χ2v) is 17.1. The van der Waals surface area contributed by atoms with Gasteiger partial charge in [-0.1, -0.05) is 72.4 Å². The second-order valence-electron chi connectivity index (χ2n) is 13.2. The van der Waals surface area contributed by atoms with Crippen molar-refractivity contribution in [3.63, 3.8) is 0 Å². The van der Waals surface area contributed by atoms with Gasteiger partial charge in [0.25, 0.3) is 0 Å². The lowest BCUT2D eigenvalue weighted by molar-refractivity contribution is -0.116. The van der Waals surface area contributed by atoms with Crippen molar-refractivity contribution < 1.29 is 40.6 Å². The highest BCUT2D eigenvalue weighted by Gasteiger charge is 2.23. The summed E-state index contributed by atoms with van der Waals surface area (Å²) in [6.45, 7) is 1.96. The SMILES string of the molecule is NS(=O)(=O)c1cc(NC(=O)Cc2ccccc2Cl)ccc1OCC1CCCC1.NS(=O)(=O)c1cc(NC(=O)Cc2ccccc2Cl)ccc1OCC1COC1. The Balaban J connectivity index is 0.000000211. The number of hydrogen-bond donors (Lipinski definition) is 4. The lowest BCUT2D eigenvalue weighted by Gasteiger charge is -2.26. The topological polar surface area (TPSA) is 206 Å². The molecule has 6 N–H and O–H groups in total. The molecule has 2 amide bonds. The summed E-state index contributed by atoms with van der Waals surface area (Å²) in [6, 6.07) is 22.8. The van der Waals surface area contributed by atoms with Crippen molar-refractivity contribution in [2.75, 3.05) is 37.1 Å². The highest BCUT2D eigenvalue weighted by molar-refractivity contribution is 7.89. The Bertz CT molecular complexity index is 2210. The number of ether oxygens (including phenoxy) is 3. The molecule has 0 atom stereocenters. The molecule has 0 radical (unpaired) electrons. The molecule has 0 unspecified atom stereocenters. The summed E-state index contributed by atoms with van der Waals surface area (Å²) in [6.07, 6.45) is 4.65. The molecule has 55 heavy (non-hydrogen) atoms. The smallest absolute Gasteiger partial charge is 0.241 e. The fourth-order valence-corrected chi connectivity index (χ4v) is 7.67. The molecule has 4 aromatic carbocycles. The maximum absolute atomic E-state index is 12.3. The van der Waals surface area contributed by atoms with Crippen LogP contribution in [0.5, 0.6) is 11.5 Å². The van der Waals surface area contributed by atoms with Gasteiger partial charge in [0.2, 0.25) is 31.9 Å². The third kappa shape index (κ3) is 12.7. The molecule has 6 rings (SSSR count). The highest BCUT2D eigenvalue weighted by Crippen LogP contribution is 2.31. The van der Waals surface area contributed by atoms with Crippen LogP contribution in [0, 0.1) is 11.8 Å². The van der Waals surface area contributed by atoms with Crippen LogP contribution in [0.1, 0.15) is 36.8 Å². The number of benzene rings is 4. The molecule has 0 spiro atoms. The number of anilines is 2. The summed E-state index contributed by atoms with van der Waals surface area (Å²) in [7, 11) is -8.02. The number of rotatable bonds is 14. The van der Waals surface area contributed by atoms with Crippen LogP contribution in [0.25, 0.3) is 0 Å². The molecule has 1 heterocycles. The van der Waals surface area contributed by atoms with Crippen molar-refractivity contribution in [3.8, 4) is 11.5 Å². The lowest BCUT2D eigenvalue weighted by atomic mass is 10.1. The van der Waals surface area contributed by atoms with Crippen LogP contribution in [0.3, 0.4) is 0 Å². The van der Waals surface area contributed by atoms with E-state index in [9.17, 15) is 26.4 Å². The van der Waals surface area contributed by atoms with E-state index in [2.05, 4.69) is 10.6 Å². The Morgan fingerprint density at radius 2 is 1.07 bits per heavy atom. The maximum Gasteiger partial charge on any atom is 0.241 e. The van der Waals surface area contributed by atoms with Crippen molar-refractivity contribution in [1.29, 1.82) is 0 Å². The largest absolute Gasteiger partial charge is 0.492 e. The number of carbonyl (C=O) groups is 2. The van der Waals surface area contributed by atoms with Gasteiger partial charge >= 0.3 is 0 Å². The van der Waals surface area contributed by atoms with Gasteiger partial charge in [-0.15, -0.1) is 0 Å². The van der Waals surface area contributed by atoms with E-state index in [4.69, 9.17) is 47.7 Å². The van der Waals surface area contributed by atoms with Crippen LogP contribution >= 0.6 is 23.2 Å². The van der Waals surface area contributed by atoms with E-state index in [0.29, 0.717) is 64.9 Å². The molecule has 17 heteroatoms. The summed E-state index contributed by atoms with van der Waals surface area (Å²) in [5.41, 5.74) is 1.99. The molecular weight excluding hydrogens is 791 g/mol. The minimum atomic E-state index is -4.02. The third-order valence-corrected chi connectivity index (χ3v) is 11.4. The van der Waals surface area contributed by atoms with Gasteiger partial charge in [-0.3, -0.25) is 9.59 Å². The summed E-state index contributed by atoms with van der Waals surface area (Å²) in [4.78, 5) is 24.2. The average Bonchev–Trinajstić information content (AvgIpc) is 3.63. The Labute approximate surface area is 330 Å². The molecule has 13 nitrogen and oxygen atoms in total. The van der Waals surface area contributed by atoms with E-state index in [-0.39, 0.29) is 51.9 Å². The quantitative estimate of drug-likeness (QED) is 0.119. The first-order valence-corrected chi connectivity index (χ1v) is 21.2. The van der Waals surface area contributed by atoms with Crippen molar-refractivity contribution in [2.24, 2.45) is 22.1 Å². The summed E-state index contributed by atoms with van der Waals surface area (Å²) >= 11 is 12.1. The van der Waals surface area contributed by atoms with Crippen LogP contribution < -0.4 is 30.4 Å². The first-order valence-electron chi connectivity index (χ1n) is 17.4. The molecule has 1 aliphatic carbocycles. The number of amides is 2. The predicted molar refractivity (Wildman–Crippen MR) is 210 cm³/mol. The van der Waals surface area contributed by atoms with Crippen LogP contribution in [0.15, 0.2) is 94.7 Å². The average molecular weight is 834 g/mol. The minimum absolute atomic E-state index is 0.0598. The van der Waals surface area contributed by atoms with Gasteiger partial charge in [0, 0.05) is 27.3 Å². The summed E-state index contributed by atoms with van der Waals surface area (Å²) < 4.78 is 64.1. The zero-order valence-corrected chi connectivity index (χ0v) is 32.9. The molecular formula is C38H42Cl2N4O9S2. The van der Waals surface area contributed by atoms with Crippen molar-refractivity contribution in [3.05, 3.63) is 106 Å². The summed E-state index contributed by atoms with van der Waals surface area (Å²) in [5.74, 6) is 0.375. The van der Waals surface area contributed by atoms with E-state index < -0.39 is 20.0 Å². The van der Waals surface area contributed by atoms with Crippen LogP contribution in [0.4, 0.5) is 11.4 Å². The van der Waals surface area contributed by atoms with Gasteiger partial charge in [-0.25, -0.2) is 27.1 Å². The lowest BCUT2D eigenvalue weighted by Crippen LogP contribution is -2.32. The van der Waals surface area contributed by atoms with Crippen molar-refractivity contribution in [2.45, 2.75) is 48.3 Å². The van der Waals surface area contributed by atoms with Crippen molar-refractivity contribution >= 4 is 66.4 Å². The number of halogens is 2. The molecule has 1 saturated heterocycles. The molecule has 2 fully saturated rings. The minimum Gasteiger partial charge on any atom is -0.492 e.